The van der Waals surface area contributed by atoms with E-state index in [1.54, 1.807) is 18.2 Å². The topological polar surface area (TPSA) is 29.5 Å². The van der Waals surface area contributed by atoms with E-state index in [0.717, 1.165) is 11.1 Å². The van der Waals surface area contributed by atoms with Crippen molar-refractivity contribution in [2.24, 2.45) is 0 Å². The largest absolute Gasteiger partial charge is 0.489 e. The Morgan fingerprint density at radius 2 is 2.05 bits per heavy atom. The van der Waals surface area contributed by atoms with E-state index < -0.39 is 0 Å². The zero-order chi connectivity index (χ0) is 15.2. The predicted octanol–water partition coefficient (Wildman–Crippen LogP) is 3.71. The Bertz CT molecular complexity index is 702. The Labute approximate surface area is 128 Å². The van der Waals surface area contributed by atoms with Crippen molar-refractivity contribution < 1.29 is 14.2 Å². The first-order valence-corrected chi connectivity index (χ1v) is 6.75. The highest BCUT2D eigenvalue weighted by Crippen LogP contribution is 2.22. The molecule has 0 fully saturated rings. The van der Waals surface area contributed by atoms with Gasteiger partial charge in [-0.25, -0.2) is 4.39 Å². The lowest BCUT2D eigenvalue weighted by Crippen LogP contribution is -2.00. The smallest absolute Gasteiger partial charge is 0.129 e. The second-order valence-electron chi connectivity index (χ2n) is 4.46. The molecular formula is C17H14ClFO2. The summed E-state index contributed by atoms with van der Waals surface area (Å²) in [6, 6.07) is 9.79. The molecule has 108 valence electrons. The molecule has 0 heterocycles. The number of aliphatic hydroxyl groups excluding tert-OH is 1. The molecule has 0 radical (unpaired) electrons. The third kappa shape index (κ3) is 4.22. The number of benzene rings is 2. The van der Waals surface area contributed by atoms with Gasteiger partial charge in [-0.2, -0.15) is 0 Å². The van der Waals surface area contributed by atoms with Crippen LogP contribution in [-0.4, -0.2) is 11.7 Å². The highest BCUT2D eigenvalue weighted by atomic mass is 35.5. The fourth-order valence-corrected chi connectivity index (χ4v) is 2.03. The summed E-state index contributed by atoms with van der Waals surface area (Å²) in [6.45, 7) is 1.81. The van der Waals surface area contributed by atoms with Crippen LogP contribution >= 0.6 is 11.6 Å². The molecule has 0 unspecified atom stereocenters. The van der Waals surface area contributed by atoms with Gasteiger partial charge in [0.05, 0.1) is 0 Å². The van der Waals surface area contributed by atoms with Crippen molar-refractivity contribution in [2.45, 2.75) is 13.5 Å². The maximum absolute atomic E-state index is 13.6. The summed E-state index contributed by atoms with van der Waals surface area (Å²) in [4.78, 5) is 0. The lowest BCUT2D eigenvalue weighted by Gasteiger charge is -2.10. The van der Waals surface area contributed by atoms with Crippen LogP contribution in [0.5, 0.6) is 5.75 Å². The Morgan fingerprint density at radius 1 is 1.24 bits per heavy atom. The van der Waals surface area contributed by atoms with Crippen molar-refractivity contribution >= 4 is 11.6 Å². The van der Waals surface area contributed by atoms with E-state index in [1.165, 1.54) is 12.1 Å². The van der Waals surface area contributed by atoms with Crippen molar-refractivity contribution in [2.75, 3.05) is 6.61 Å². The van der Waals surface area contributed by atoms with Crippen LogP contribution in [0.1, 0.15) is 16.7 Å². The predicted molar refractivity (Wildman–Crippen MR) is 80.9 cm³/mol. The molecule has 0 aliphatic heterocycles. The third-order valence-corrected chi connectivity index (χ3v) is 3.11. The van der Waals surface area contributed by atoms with Crippen molar-refractivity contribution in [3.05, 3.63) is 63.9 Å². The van der Waals surface area contributed by atoms with Gasteiger partial charge in [0.15, 0.2) is 0 Å². The molecule has 0 bridgehead atoms. The number of ether oxygens (including phenoxy) is 1. The Balaban J connectivity index is 2.11. The molecule has 0 aliphatic carbocycles. The quantitative estimate of drug-likeness (QED) is 0.876. The second-order valence-corrected chi connectivity index (χ2v) is 4.90. The third-order valence-electron chi connectivity index (χ3n) is 2.88. The molecule has 1 N–H and O–H groups in total. The minimum Gasteiger partial charge on any atom is -0.489 e. The van der Waals surface area contributed by atoms with Crippen LogP contribution in [0.25, 0.3) is 0 Å². The van der Waals surface area contributed by atoms with Crippen LogP contribution in [0.3, 0.4) is 0 Å². The number of aliphatic hydroxyl groups is 1. The average Bonchev–Trinajstić information content (AvgIpc) is 2.47. The minimum atomic E-state index is -0.345. The molecule has 0 saturated heterocycles. The number of halogens is 2. The Morgan fingerprint density at radius 3 is 2.76 bits per heavy atom. The molecule has 2 aromatic rings. The molecule has 0 amide bonds. The number of hydrogen-bond donors (Lipinski definition) is 1. The number of aryl methyl sites for hydroxylation is 1. The van der Waals surface area contributed by atoms with Gasteiger partial charge in [-0.05, 0) is 48.9 Å². The minimum absolute atomic E-state index is 0.106. The number of hydrogen-bond acceptors (Lipinski definition) is 2. The van der Waals surface area contributed by atoms with E-state index >= 15 is 0 Å². The van der Waals surface area contributed by atoms with Gasteiger partial charge in [-0.3, -0.25) is 0 Å². The van der Waals surface area contributed by atoms with Gasteiger partial charge >= 0.3 is 0 Å². The van der Waals surface area contributed by atoms with Gasteiger partial charge in [0.25, 0.3) is 0 Å². The van der Waals surface area contributed by atoms with Crippen molar-refractivity contribution in [3.8, 4) is 17.6 Å². The number of rotatable bonds is 3. The SMILES string of the molecule is Cc1cc(C#CCO)ccc1OCc1cc(Cl)ccc1F. The maximum Gasteiger partial charge on any atom is 0.129 e. The summed E-state index contributed by atoms with van der Waals surface area (Å²) in [5, 5.41) is 9.14. The summed E-state index contributed by atoms with van der Waals surface area (Å²) < 4.78 is 19.2. The monoisotopic (exact) mass is 304 g/mol. The van der Waals surface area contributed by atoms with E-state index in [2.05, 4.69) is 11.8 Å². The Kier molecular flexibility index (Phi) is 5.21. The van der Waals surface area contributed by atoms with Crippen molar-refractivity contribution in [3.63, 3.8) is 0 Å². The maximum atomic E-state index is 13.6. The van der Waals surface area contributed by atoms with Crippen LogP contribution in [-0.2, 0) is 6.61 Å². The Hall–Kier alpha value is -2.02. The molecule has 2 aromatic carbocycles. The molecule has 0 aromatic heterocycles. The van der Waals surface area contributed by atoms with Crippen LogP contribution in [0.15, 0.2) is 36.4 Å². The molecular weight excluding hydrogens is 291 g/mol. The summed E-state index contributed by atoms with van der Waals surface area (Å²) >= 11 is 5.84. The second kappa shape index (κ2) is 7.12. The molecule has 0 aliphatic rings. The van der Waals surface area contributed by atoms with Crippen LogP contribution in [0.2, 0.25) is 5.02 Å². The van der Waals surface area contributed by atoms with E-state index in [9.17, 15) is 4.39 Å². The molecule has 2 rings (SSSR count). The molecule has 2 nitrogen and oxygen atoms in total. The molecule has 4 heteroatoms. The lowest BCUT2D eigenvalue weighted by molar-refractivity contribution is 0.298. The van der Waals surface area contributed by atoms with Gasteiger partial charge in [0.1, 0.15) is 24.8 Å². The zero-order valence-electron chi connectivity index (χ0n) is 11.5. The fraction of sp³-hybridized carbons (Fsp3) is 0.176. The zero-order valence-corrected chi connectivity index (χ0v) is 12.2. The standard InChI is InChI=1S/C17H14ClFO2/c1-12-9-13(3-2-8-20)4-7-17(12)21-11-14-10-15(18)5-6-16(14)19/h4-7,9-10,20H,8,11H2,1H3. The lowest BCUT2D eigenvalue weighted by atomic mass is 10.1. The van der Waals surface area contributed by atoms with E-state index in [0.29, 0.717) is 16.3 Å². The van der Waals surface area contributed by atoms with E-state index in [-0.39, 0.29) is 19.0 Å². The molecule has 0 saturated carbocycles. The van der Waals surface area contributed by atoms with Gasteiger partial charge in [-0.15, -0.1) is 0 Å². The fourth-order valence-electron chi connectivity index (χ4n) is 1.84. The highest BCUT2D eigenvalue weighted by Gasteiger charge is 2.06. The highest BCUT2D eigenvalue weighted by molar-refractivity contribution is 6.30. The van der Waals surface area contributed by atoms with E-state index in [1.807, 2.05) is 13.0 Å². The summed E-state index contributed by atoms with van der Waals surface area (Å²) in [7, 11) is 0. The van der Waals surface area contributed by atoms with Crippen LogP contribution in [0, 0.1) is 24.6 Å². The van der Waals surface area contributed by atoms with Crippen LogP contribution in [0.4, 0.5) is 4.39 Å². The van der Waals surface area contributed by atoms with Crippen molar-refractivity contribution in [1.82, 2.24) is 0 Å². The normalized spacial score (nSPS) is 9.90. The van der Waals surface area contributed by atoms with Crippen LogP contribution < -0.4 is 4.74 Å². The van der Waals surface area contributed by atoms with Crippen molar-refractivity contribution in [1.29, 1.82) is 0 Å². The molecule has 0 spiro atoms. The first-order valence-electron chi connectivity index (χ1n) is 6.37. The first-order chi connectivity index (χ1) is 10.1. The molecule has 0 atom stereocenters. The van der Waals surface area contributed by atoms with Gasteiger partial charge in [0, 0.05) is 16.1 Å². The first kappa shape index (κ1) is 15.4. The van der Waals surface area contributed by atoms with E-state index in [4.69, 9.17) is 21.4 Å². The van der Waals surface area contributed by atoms with Gasteiger partial charge in [-0.1, -0.05) is 23.4 Å². The molecule has 21 heavy (non-hydrogen) atoms. The summed E-state index contributed by atoms with van der Waals surface area (Å²) in [5.74, 6) is 5.71. The summed E-state index contributed by atoms with van der Waals surface area (Å²) in [5.41, 5.74) is 2.09. The summed E-state index contributed by atoms with van der Waals surface area (Å²) in [6.07, 6.45) is 0. The van der Waals surface area contributed by atoms with Gasteiger partial charge < -0.3 is 9.84 Å². The van der Waals surface area contributed by atoms with Gasteiger partial charge in [0.2, 0.25) is 0 Å². The average molecular weight is 305 g/mol.